The second kappa shape index (κ2) is 4.13. The summed E-state index contributed by atoms with van der Waals surface area (Å²) in [5.41, 5.74) is 10.9. The number of thiazole rings is 1. The highest BCUT2D eigenvalue weighted by atomic mass is 32.1. The van der Waals surface area contributed by atoms with Crippen molar-refractivity contribution in [3.05, 3.63) is 45.8 Å². The van der Waals surface area contributed by atoms with E-state index in [1.807, 2.05) is 30.5 Å². The summed E-state index contributed by atoms with van der Waals surface area (Å²) in [7, 11) is 0. The van der Waals surface area contributed by atoms with E-state index >= 15 is 0 Å². The molecule has 0 atom stereocenters. The van der Waals surface area contributed by atoms with Gasteiger partial charge >= 0.3 is 0 Å². The minimum atomic E-state index is 0.614. The third kappa shape index (κ3) is 2.15. The van der Waals surface area contributed by atoms with Gasteiger partial charge in [0.2, 0.25) is 0 Å². The summed E-state index contributed by atoms with van der Waals surface area (Å²) in [6.07, 6.45) is 0. The smallest absolute Gasteiger partial charge is 0.123 e. The standard InChI is InChI=1S/C10H8N4S/c1-7-6-15-10(12-7)8-3-2-4-9(5-8)13-14-11/h2-6H,1H3. The van der Waals surface area contributed by atoms with Crippen LogP contribution in [0.4, 0.5) is 5.69 Å². The van der Waals surface area contributed by atoms with E-state index in [1.54, 1.807) is 17.4 Å². The van der Waals surface area contributed by atoms with Gasteiger partial charge in [-0.15, -0.1) is 11.3 Å². The van der Waals surface area contributed by atoms with E-state index in [0.717, 1.165) is 16.3 Å². The van der Waals surface area contributed by atoms with Gasteiger partial charge in [0.15, 0.2) is 0 Å². The molecular formula is C10H8N4S. The lowest BCUT2D eigenvalue weighted by Crippen LogP contribution is -1.76. The SMILES string of the molecule is Cc1csc(-c2cccc(N=[N+]=[N-])c2)n1. The van der Waals surface area contributed by atoms with Gasteiger partial charge in [0.05, 0.1) is 0 Å². The summed E-state index contributed by atoms with van der Waals surface area (Å²) < 4.78 is 0. The van der Waals surface area contributed by atoms with Crippen LogP contribution in [0.15, 0.2) is 34.8 Å². The van der Waals surface area contributed by atoms with Gasteiger partial charge in [-0.05, 0) is 18.5 Å². The molecule has 2 aromatic rings. The molecule has 15 heavy (non-hydrogen) atoms. The second-order valence-electron chi connectivity index (χ2n) is 3.03. The van der Waals surface area contributed by atoms with E-state index < -0.39 is 0 Å². The maximum atomic E-state index is 8.33. The number of hydrogen-bond acceptors (Lipinski definition) is 3. The van der Waals surface area contributed by atoms with Crippen LogP contribution in [-0.2, 0) is 0 Å². The minimum Gasteiger partial charge on any atom is -0.241 e. The summed E-state index contributed by atoms with van der Waals surface area (Å²) in [6, 6.07) is 7.41. The molecule has 0 aliphatic heterocycles. The fraction of sp³-hybridized carbons (Fsp3) is 0.100. The number of aryl methyl sites for hydroxylation is 1. The Balaban J connectivity index is 2.44. The average Bonchev–Trinajstić information content (AvgIpc) is 2.66. The first-order chi connectivity index (χ1) is 7.29. The molecule has 4 nitrogen and oxygen atoms in total. The molecule has 0 saturated heterocycles. The molecule has 0 N–H and O–H groups in total. The summed E-state index contributed by atoms with van der Waals surface area (Å²) in [5.74, 6) is 0. The van der Waals surface area contributed by atoms with Crippen LogP contribution < -0.4 is 0 Å². The van der Waals surface area contributed by atoms with Gasteiger partial charge in [0.25, 0.3) is 0 Å². The topological polar surface area (TPSA) is 61.7 Å². The summed E-state index contributed by atoms with van der Waals surface area (Å²) in [4.78, 5) is 7.12. The molecule has 5 heteroatoms. The molecule has 0 spiro atoms. The Morgan fingerprint density at radius 1 is 1.47 bits per heavy atom. The number of rotatable bonds is 2. The summed E-state index contributed by atoms with van der Waals surface area (Å²) in [5, 5.41) is 6.50. The number of azide groups is 1. The highest BCUT2D eigenvalue weighted by Gasteiger charge is 2.02. The van der Waals surface area contributed by atoms with Crippen LogP contribution >= 0.6 is 11.3 Å². The van der Waals surface area contributed by atoms with E-state index in [4.69, 9.17) is 5.53 Å². The average molecular weight is 216 g/mol. The lowest BCUT2D eigenvalue weighted by atomic mass is 10.2. The van der Waals surface area contributed by atoms with Crippen molar-refractivity contribution in [2.24, 2.45) is 5.11 Å². The van der Waals surface area contributed by atoms with Gasteiger partial charge in [-0.2, -0.15) is 0 Å². The first-order valence-corrected chi connectivity index (χ1v) is 5.25. The second-order valence-corrected chi connectivity index (χ2v) is 3.89. The molecule has 0 unspecified atom stereocenters. The molecule has 1 heterocycles. The van der Waals surface area contributed by atoms with E-state index in [0.29, 0.717) is 5.69 Å². The van der Waals surface area contributed by atoms with Crippen LogP contribution in [-0.4, -0.2) is 4.98 Å². The summed E-state index contributed by atoms with van der Waals surface area (Å²) >= 11 is 1.58. The fourth-order valence-corrected chi connectivity index (χ4v) is 2.03. The molecule has 0 amide bonds. The highest BCUT2D eigenvalue weighted by Crippen LogP contribution is 2.26. The van der Waals surface area contributed by atoms with E-state index in [2.05, 4.69) is 15.0 Å². The van der Waals surface area contributed by atoms with Crippen LogP contribution in [0.25, 0.3) is 21.0 Å². The summed E-state index contributed by atoms with van der Waals surface area (Å²) in [6.45, 7) is 1.96. The number of nitrogens with zero attached hydrogens (tertiary/aromatic N) is 4. The predicted molar refractivity (Wildman–Crippen MR) is 61.1 cm³/mol. The molecular weight excluding hydrogens is 208 g/mol. The first-order valence-electron chi connectivity index (χ1n) is 4.37. The normalized spacial score (nSPS) is 9.67. The monoisotopic (exact) mass is 216 g/mol. The van der Waals surface area contributed by atoms with Gasteiger partial charge in [-0.3, -0.25) is 0 Å². The Morgan fingerprint density at radius 2 is 2.33 bits per heavy atom. The maximum Gasteiger partial charge on any atom is 0.123 e. The largest absolute Gasteiger partial charge is 0.241 e. The molecule has 1 aromatic carbocycles. The Hall–Kier alpha value is -1.84. The zero-order valence-electron chi connectivity index (χ0n) is 8.08. The molecule has 74 valence electrons. The van der Waals surface area contributed by atoms with Crippen molar-refractivity contribution < 1.29 is 0 Å². The maximum absolute atomic E-state index is 8.33. The first kappa shape index (κ1) is 9.71. The number of benzene rings is 1. The molecule has 0 bridgehead atoms. The Kier molecular flexibility index (Phi) is 2.67. The number of aromatic nitrogens is 1. The van der Waals surface area contributed by atoms with Gasteiger partial charge in [0.1, 0.15) is 5.01 Å². The fourth-order valence-electron chi connectivity index (χ4n) is 1.24. The highest BCUT2D eigenvalue weighted by molar-refractivity contribution is 7.13. The van der Waals surface area contributed by atoms with Gasteiger partial charge in [-0.25, -0.2) is 4.98 Å². The molecule has 0 aliphatic rings. The Labute approximate surface area is 90.8 Å². The van der Waals surface area contributed by atoms with Crippen molar-refractivity contribution >= 4 is 17.0 Å². The van der Waals surface area contributed by atoms with E-state index in [1.165, 1.54) is 0 Å². The Morgan fingerprint density at radius 3 is 3.00 bits per heavy atom. The quantitative estimate of drug-likeness (QED) is 0.424. The third-order valence-electron chi connectivity index (χ3n) is 1.87. The lowest BCUT2D eigenvalue weighted by Gasteiger charge is -1.96. The molecule has 1 aromatic heterocycles. The van der Waals surface area contributed by atoms with Crippen LogP contribution in [0, 0.1) is 6.92 Å². The lowest BCUT2D eigenvalue weighted by molar-refractivity contribution is 1.27. The van der Waals surface area contributed by atoms with Crippen molar-refractivity contribution in [1.82, 2.24) is 4.98 Å². The minimum absolute atomic E-state index is 0.614. The van der Waals surface area contributed by atoms with E-state index in [9.17, 15) is 0 Å². The molecule has 0 radical (unpaired) electrons. The van der Waals surface area contributed by atoms with Gasteiger partial charge < -0.3 is 0 Å². The van der Waals surface area contributed by atoms with Crippen LogP contribution in [0.3, 0.4) is 0 Å². The number of hydrogen-bond donors (Lipinski definition) is 0. The molecule has 0 fully saturated rings. The predicted octanol–water partition coefficient (Wildman–Crippen LogP) is 4.06. The zero-order valence-corrected chi connectivity index (χ0v) is 8.90. The van der Waals surface area contributed by atoms with Crippen molar-refractivity contribution in [2.75, 3.05) is 0 Å². The third-order valence-corrected chi connectivity index (χ3v) is 2.88. The van der Waals surface area contributed by atoms with Crippen molar-refractivity contribution in [3.63, 3.8) is 0 Å². The zero-order chi connectivity index (χ0) is 10.7. The van der Waals surface area contributed by atoms with E-state index in [-0.39, 0.29) is 0 Å². The van der Waals surface area contributed by atoms with Crippen molar-refractivity contribution in [3.8, 4) is 10.6 Å². The van der Waals surface area contributed by atoms with Gasteiger partial charge in [0, 0.05) is 27.2 Å². The van der Waals surface area contributed by atoms with Crippen LogP contribution in [0.1, 0.15) is 5.69 Å². The van der Waals surface area contributed by atoms with Crippen molar-refractivity contribution in [1.29, 1.82) is 0 Å². The Bertz CT molecular complexity index is 526. The molecule has 2 rings (SSSR count). The van der Waals surface area contributed by atoms with Crippen LogP contribution in [0.5, 0.6) is 0 Å². The van der Waals surface area contributed by atoms with Crippen molar-refractivity contribution in [2.45, 2.75) is 6.92 Å². The van der Waals surface area contributed by atoms with Crippen LogP contribution in [0.2, 0.25) is 0 Å². The molecule has 0 aliphatic carbocycles. The van der Waals surface area contributed by atoms with Gasteiger partial charge in [-0.1, -0.05) is 23.3 Å². The molecule has 0 saturated carbocycles.